The number of nitrogens with zero attached hydrogens (tertiary/aromatic N) is 2. The minimum absolute atomic E-state index is 0.321. The van der Waals surface area contributed by atoms with Crippen LogP contribution >= 0.6 is 0 Å². The monoisotopic (exact) mass is 235 g/mol. The van der Waals surface area contributed by atoms with Gasteiger partial charge in [-0.15, -0.1) is 0 Å². The van der Waals surface area contributed by atoms with Gasteiger partial charge >= 0.3 is 0 Å². The summed E-state index contributed by atoms with van der Waals surface area (Å²) in [4.78, 5) is 4.34. The number of benzene rings is 1. The molecule has 0 atom stereocenters. The SMILES string of the molecule is COc1ccc(F)cc1-c1nc(CN)cn1C. The van der Waals surface area contributed by atoms with Crippen molar-refractivity contribution in [2.45, 2.75) is 6.54 Å². The first-order chi connectivity index (χ1) is 8.15. The Balaban J connectivity index is 2.58. The molecule has 2 aromatic rings. The van der Waals surface area contributed by atoms with Crippen LogP contribution in [0.5, 0.6) is 5.75 Å². The molecule has 2 rings (SSSR count). The summed E-state index contributed by atoms with van der Waals surface area (Å²) < 4.78 is 20.3. The Bertz CT molecular complexity index is 537. The average molecular weight is 235 g/mol. The smallest absolute Gasteiger partial charge is 0.143 e. The van der Waals surface area contributed by atoms with Crippen molar-refractivity contribution in [2.24, 2.45) is 12.8 Å². The largest absolute Gasteiger partial charge is 0.496 e. The van der Waals surface area contributed by atoms with E-state index in [1.807, 2.05) is 13.2 Å². The molecule has 0 amide bonds. The first kappa shape index (κ1) is 11.6. The van der Waals surface area contributed by atoms with Crippen LogP contribution < -0.4 is 10.5 Å². The van der Waals surface area contributed by atoms with Gasteiger partial charge < -0.3 is 15.0 Å². The third-order valence-corrected chi connectivity index (χ3v) is 2.54. The van der Waals surface area contributed by atoms with Crippen molar-refractivity contribution < 1.29 is 9.13 Å². The van der Waals surface area contributed by atoms with E-state index >= 15 is 0 Å². The second-order valence-electron chi connectivity index (χ2n) is 3.72. The molecule has 0 bridgehead atoms. The Morgan fingerprint density at radius 2 is 2.24 bits per heavy atom. The second kappa shape index (κ2) is 4.55. The molecule has 1 heterocycles. The van der Waals surface area contributed by atoms with E-state index in [9.17, 15) is 4.39 Å². The number of nitrogens with two attached hydrogens (primary N) is 1. The third kappa shape index (κ3) is 2.14. The van der Waals surface area contributed by atoms with Crippen LogP contribution in [0.1, 0.15) is 5.69 Å². The summed E-state index contributed by atoms with van der Waals surface area (Å²) in [7, 11) is 3.38. The van der Waals surface area contributed by atoms with E-state index in [1.54, 1.807) is 17.7 Å². The molecule has 0 unspecified atom stereocenters. The lowest BCUT2D eigenvalue weighted by molar-refractivity contribution is 0.415. The number of ether oxygens (including phenoxy) is 1. The van der Waals surface area contributed by atoms with Crippen molar-refractivity contribution >= 4 is 0 Å². The number of aryl methyl sites for hydroxylation is 1. The molecule has 0 fully saturated rings. The van der Waals surface area contributed by atoms with Gasteiger partial charge in [0, 0.05) is 19.8 Å². The molecule has 0 aliphatic carbocycles. The zero-order chi connectivity index (χ0) is 12.4. The Kier molecular flexibility index (Phi) is 3.10. The zero-order valence-electron chi connectivity index (χ0n) is 9.77. The van der Waals surface area contributed by atoms with Crippen LogP contribution in [0.25, 0.3) is 11.4 Å². The quantitative estimate of drug-likeness (QED) is 0.880. The van der Waals surface area contributed by atoms with Crippen LogP contribution in [-0.4, -0.2) is 16.7 Å². The van der Waals surface area contributed by atoms with Crippen molar-refractivity contribution in [1.82, 2.24) is 9.55 Å². The first-order valence-corrected chi connectivity index (χ1v) is 5.22. The fourth-order valence-electron chi connectivity index (χ4n) is 1.73. The van der Waals surface area contributed by atoms with Crippen molar-refractivity contribution in [3.8, 4) is 17.1 Å². The number of hydrogen-bond acceptors (Lipinski definition) is 3. The van der Waals surface area contributed by atoms with Crippen molar-refractivity contribution in [3.63, 3.8) is 0 Å². The van der Waals surface area contributed by atoms with E-state index in [1.165, 1.54) is 12.1 Å². The number of halogens is 1. The fraction of sp³-hybridized carbons (Fsp3) is 0.250. The van der Waals surface area contributed by atoms with Gasteiger partial charge in [-0.05, 0) is 18.2 Å². The number of rotatable bonds is 3. The molecule has 90 valence electrons. The normalized spacial score (nSPS) is 10.6. The summed E-state index contributed by atoms with van der Waals surface area (Å²) in [5.41, 5.74) is 6.91. The molecule has 0 saturated heterocycles. The average Bonchev–Trinajstić information content (AvgIpc) is 2.70. The minimum Gasteiger partial charge on any atom is -0.496 e. The van der Waals surface area contributed by atoms with Gasteiger partial charge in [-0.1, -0.05) is 0 Å². The third-order valence-electron chi connectivity index (χ3n) is 2.54. The summed E-state index contributed by atoms with van der Waals surface area (Å²) in [6.07, 6.45) is 1.82. The number of hydrogen-bond donors (Lipinski definition) is 1. The van der Waals surface area contributed by atoms with Gasteiger partial charge in [-0.2, -0.15) is 0 Å². The van der Waals surface area contributed by atoms with E-state index in [-0.39, 0.29) is 5.82 Å². The van der Waals surface area contributed by atoms with Crippen molar-refractivity contribution in [1.29, 1.82) is 0 Å². The molecule has 0 spiro atoms. The van der Waals surface area contributed by atoms with Crippen molar-refractivity contribution in [3.05, 3.63) is 35.9 Å². The van der Waals surface area contributed by atoms with Crippen LogP contribution in [0.15, 0.2) is 24.4 Å². The Morgan fingerprint density at radius 1 is 1.47 bits per heavy atom. The maximum atomic E-state index is 13.3. The van der Waals surface area contributed by atoms with E-state index in [0.717, 1.165) is 5.69 Å². The van der Waals surface area contributed by atoms with Gasteiger partial charge in [-0.3, -0.25) is 0 Å². The second-order valence-corrected chi connectivity index (χ2v) is 3.72. The molecule has 5 heteroatoms. The summed E-state index contributed by atoms with van der Waals surface area (Å²) in [5, 5.41) is 0. The molecular weight excluding hydrogens is 221 g/mol. The standard InChI is InChI=1S/C12H14FN3O/c1-16-7-9(6-14)15-12(16)10-5-8(13)3-4-11(10)17-2/h3-5,7H,6,14H2,1-2H3. The maximum absolute atomic E-state index is 13.3. The Hall–Kier alpha value is -1.88. The maximum Gasteiger partial charge on any atom is 0.143 e. The molecule has 0 aliphatic rings. The molecule has 1 aromatic carbocycles. The van der Waals surface area contributed by atoms with E-state index in [2.05, 4.69) is 4.98 Å². The molecule has 0 aliphatic heterocycles. The molecular formula is C12H14FN3O. The predicted octanol–water partition coefficient (Wildman–Crippen LogP) is 1.69. The number of aromatic nitrogens is 2. The van der Waals surface area contributed by atoms with Crippen LogP contribution in [0, 0.1) is 5.82 Å². The molecule has 2 N–H and O–H groups in total. The van der Waals surface area contributed by atoms with E-state index in [4.69, 9.17) is 10.5 Å². The molecule has 0 saturated carbocycles. The zero-order valence-corrected chi connectivity index (χ0v) is 9.77. The fourth-order valence-corrected chi connectivity index (χ4v) is 1.73. The highest BCUT2D eigenvalue weighted by atomic mass is 19.1. The van der Waals surface area contributed by atoms with Crippen LogP contribution in [0.4, 0.5) is 4.39 Å². The first-order valence-electron chi connectivity index (χ1n) is 5.22. The number of methoxy groups -OCH3 is 1. The molecule has 1 aromatic heterocycles. The lowest BCUT2D eigenvalue weighted by Gasteiger charge is -2.08. The van der Waals surface area contributed by atoms with Crippen LogP contribution in [0.3, 0.4) is 0 Å². The Morgan fingerprint density at radius 3 is 2.82 bits per heavy atom. The van der Waals surface area contributed by atoms with Gasteiger partial charge in [0.15, 0.2) is 0 Å². The lowest BCUT2D eigenvalue weighted by atomic mass is 10.2. The van der Waals surface area contributed by atoms with E-state index in [0.29, 0.717) is 23.7 Å². The highest BCUT2D eigenvalue weighted by Crippen LogP contribution is 2.29. The highest BCUT2D eigenvalue weighted by Gasteiger charge is 2.13. The molecule has 17 heavy (non-hydrogen) atoms. The van der Waals surface area contributed by atoms with Crippen LogP contribution in [-0.2, 0) is 13.6 Å². The lowest BCUT2D eigenvalue weighted by Crippen LogP contribution is -1.96. The summed E-state index contributed by atoms with van der Waals surface area (Å²) in [6.45, 7) is 0.353. The van der Waals surface area contributed by atoms with Gasteiger partial charge in [0.2, 0.25) is 0 Å². The van der Waals surface area contributed by atoms with Crippen molar-refractivity contribution in [2.75, 3.05) is 7.11 Å². The number of imidazole rings is 1. The van der Waals surface area contributed by atoms with Gasteiger partial charge in [0.05, 0.1) is 18.4 Å². The molecule has 4 nitrogen and oxygen atoms in total. The summed E-state index contributed by atoms with van der Waals surface area (Å²) in [6, 6.07) is 4.35. The highest BCUT2D eigenvalue weighted by molar-refractivity contribution is 5.65. The van der Waals surface area contributed by atoms with E-state index < -0.39 is 0 Å². The predicted molar refractivity (Wildman–Crippen MR) is 63.0 cm³/mol. The summed E-state index contributed by atoms with van der Waals surface area (Å²) >= 11 is 0. The minimum atomic E-state index is -0.321. The topological polar surface area (TPSA) is 53.1 Å². The summed E-state index contributed by atoms with van der Waals surface area (Å²) in [5.74, 6) is 0.906. The van der Waals surface area contributed by atoms with Gasteiger partial charge in [0.25, 0.3) is 0 Å². The van der Waals surface area contributed by atoms with Gasteiger partial charge in [0.1, 0.15) is 17.4 Å². The Labute approximate surface area is 98.8 Å². The van der Waals surface area contributed by atoms with Crippen LogP contribution in [0.2, 0.25) is 0 Å². The van der Waals surface area contributed by atoms with Gasteiger partial charge in [-0.25, -0.2) is 9.37 Å². The molecule has 0 radical (unpaired) electrons.